The van der Waals surface area contributed by atoms with Crippen molar-refractivity contribution in [2.24, 2.45) is 0 Å². The van der Waals surface area contributed by atoms with Crippen LogP contribution in [0.5, 0.6) is 0 Å². The zero-order valence-electron chi connectivity index (χ0n) is 43.5. The standard InChI is InChI=1S/C17H12F3N2.C16H9F4N2.C16H11F2N2.C16H12FN2/c18-17(19,20)14-4-6-15(7-5-14)22-10-13-3-1-2-12-8-9-21(11-22)16(12)13;17-11-6-12(18)14(20)16(13(11)19)22-7-10-3-1-2-9-4-5-21(8-22)15(9)10;17-13-6-14(18)8-15(7-13)20-9-12-3-1-2-11-4-5-19(10-20)16(11)12;17-14-5-2-6-15(9-14)19-10-13-4-1-3-12-7-8-18(11-19)16(12)13/h1-10H,11H2;1-7H,8H2;1-9H,10H2;1-10H,11H2/q4*+1. The SMILES string of the molecule is FC(F)(F)c1ccc([N+]2=Cc3cccc4ccn(c34)C2)cc1.Fc1cc(F)c(F)c([N+]2=Cc3cccc4ccn(c34)C2)c1F.Fc1cc(F)cc([N+]2=Cc3cccc4ccn(c34)C2)c1.Fc1cccc([N+]2=Cc3cccc4ccn(c34)C2)c1. The number of alkyl halides is 3. The molecular weight excluding hydrogens is 1080 g/mol. The van der Waals surface area contributed by atoms with E-state index < -0.39 is 52.3 Å². The van der Waals surface area contributed by atoms with E-state index in [0.717, 1.165) is 73.8 Å². The van der Waals surface area contributed by atoms with Gasteiger partial charge < -0.3 is 0 Å². The minimum Gasteiger partial charge on any atom is -0.291 e. The molecule has 410 valence electrons. The smallest absolute Gasteiger partial charge is 0.291 e. The topological polar surface area (TPSA) is 31.8 Å². The second-order valence-electron chi connectivity index (χ2n) is 20.2. The fourth-order valence-corrected chi connectivity index (χ4v) is 11.2. The van der Waals surface area contributed by atoms with Crippen LogP contribution in [0.15, 0.2) is 195 Å². The van der Waals surface area contributed by atoms with E-state index in [9.17, 15) is 43.9 Å². The molecule has 8 nitrogen and oxygen atoms in total. The summed E-state index contributed by atoms with van der Waals surface area (Å²) in [6.45, 7) is 1.91. The van der Waals surface area contributed by atoms with Crippen LogP contribution in [0, 0.1) is 40.7 Å². The zero-order valence-corrected chi connectivity index (χ0v) is 43.5. The fraction of sp³-hybridized carbons (Fsp3) is 0.0769. The van der Waals surface area contributed by atoms with Gasteiger partial charge >= 0.3 is 6.18 Å². The molecule has 0 amide bonds. The van der Waals surface area contributed by atoms with Crippen molar-refractivity contribution in [3.8, 4) is 0 Å². The summed E-state index contributed by atoms with van der Waals surface area (Å²) >= 11 is 0. The van der Waals surface area contributed by atoms with E-state index in [4.69, 9.17) is 0 Å². The monoisotopic (exact) mass is 1130 g/mol. The predicted molar refractivity (Wildman–Crippen MR) is 299 cm³/mol. The molecule has 0 spiro atoms. The van der Waals surface area contributed by atoms with Gasteiger partial charge in [-0.3, -0.25) is 18.3 Å². The lowest BCUT2D eigenvalue weighted by molar-refractivity contribution is -0.476. The van der Waals surface area contributed by atoms with Crippen molar-refractivity contribution in [1.29, 1.82) is 0 Å². The van der Waals surface area contributed by atoms with Crippen LogP contribution in [0.3, 0.4) is 0 Å². The van der Waals surface area contributed by atoms with Gasteiger partial charge in [0.1, 0.15) is 17.5 Å². The fourth-order valence-electron chi connectivity index (χ4n) is 11.2. The lowest BCUT2D eigenvalue weighted by atomic mass is 10.1. The molecule has 0 radical (unpaired) electrons. The zero-order chi connectivity index (χ0) is 57.3. The maximum atomic E-state index is 14.0. The largest absolute Gasteiger partial charge is 0.416 e. The second kappa shape index (κ2) is 20.8. The first-order chi connectivity index (χ1) is 40.1. The van der Waals surface area contributed by atoms with Crippen LogP contribution in [0.25, 0.3) is 43.6 Å². The Kier molecular flexibility index (Phi) is 13.1. The Bertz CT molecular complexity index is 4660. The molecule has 4 aromatic heterocycles. The molecule has 0 fully saturated rings. The Labute approximate surface area is 466 Å². The molecule has 0 saturated carbocycles. The van der Waals surface area contributed by atoms with E-state index in [1.807, 2.05) is 94.6 Å². The molecule has 4 aliphatic rings. The Hall–Kier alpha value is -10.1. The van der Waals surface area contributed by atoms with Crippen LogP contribution in [0.4, 0.5) is 66.7 Å². The van der Waals surface area contributed by atoms with Gasteiger partial charge in [-0.25, -0.2) is 22.0 Å². The number of halogens is 10. The first kappa shape index (κ1) is 52.3. The molecule has 4 aliphatic heterocycles. The van der Waals surface area contributed by atoms with E-state index >= 15 is 0 Å². The van der Waals surface area contributed by atoms with Gasteiger partial charge in [-0.15, -0.1) is 0 Å². The molecule has 18 heteroatoms. The first-order valence-corrected chi connectivity index (χ1v) is 26.1. The van der Waals surface area contributed by atoms with Gasteiger partial charge in [-0.05, 0) is 66.7 Å². The minimum absolute atomic E-state index is 0.0667. The summed E-state index contributed by atoms with van der Waals surface area (Å²) in [7, 11) is 0. The number of hydrogen-bond donors (Lipinski definition) is 0. The highest BCUT2D eigenvalue weighted by Crippen LogP contribution is 2.34. The van der Waals surface area contributed by atoms with E-state index in [-0.39, 0.29) is 18.6 Å². The van der Waals surface area contributed by atoms with E-state index in [2.05, 4.69) is 61.0 Å². The van der Waals surface area contributed by atoms with Gasteiger partial charge in [0.25, 0.3) is 5.69 Å². The van der Waals surface area contributed by atoms with Gasteiger partial charge in [-0.2, -0.15) is 40.3 Å². The summed E-state index contributed by atoms with van der Waals surface area (Å²) < 4.78 is 148. The van der Waals surface area contributed by atoms with Crippen molar-refractivity contribution >= 4 is 91.2 Å². The molecule has 0 N–H and O–H groups in total. The normalized spacial score (nSPS) is 13.8. The second-order valence-corrected chi connectivity index (χ2v) is 20.2. The summed E-state index contributed by atoms with van der Waals surface area (Å²) in [5, 5.41) is 4.57. The van der Waals surface area contributed by atoms with Gasteiger partial charge in [0.2, 0.25) is 55.4 Å². The Morgan fingerprint density at radius 2 is 0.687 bits per heavy atom. The molecule has 8 heterocycles. The van der Waals surface area contributed by atoms with Crippen LogP contribution in [-0.2, 0) is 32.9 Å². The number of rotatable bonds is 4. The lowest BCUT2D eigenvalue weighted by Crippen LogP contribution is -2.20. The summed E-state index contributed by atoms with van der Waals surface area (Å²) in [6, 6.07) is 47.6. The van der Waals surface area contributed by atoms with Crippen LogP contribution >= 0.6 is 0 Å². The highest BCUT2D eigenvalue weighted by Gasteiger charge is 2.33. The summed E-state index contributed by atoms with van der Waals surface area (Å²) in [5.74, 6) is -6.98. The van der Waals surface area contributed by atoms with Crippen LogP contribution in [-0.4, -0.2) is 61.4 Å². The van der Waals surface area contributed by atoms with Crippen molar-refractivity contribution in [2.45, 2.75) is 32.9 Å². The highest BCUT2D eigenvalue weighted by molar-refractivity contribution is 6.00. The van der Waals surface area contributed by atoms with Crippen LogP contribution in [0.2, 0.25) is 0 Å². The maximum Gasteiger partial charge on any atom is 0.416 e. The van der Waals surface area contributed by atoms with Crippen molar-refractivity contribution in [3.63, 3.8) is 0 Å². The molecule has 83 heavy (non-hydrogen) atoms. The van der Waals surface area contributed by atoms with Crippen molar-refractivity contribution < 1.29 is 62.2 Å². The Morgan fingerprint density at radius 3 is 1.10 bits per heavy atom. The third-order valence-corrected chi connectivity index (χ3v) is 14.9. The van der Waals surface area contributed by atoms with Gasteiger partial charge in [0.05, 0.1) is 49.9 Å². The average molecular weight is 1130 g/mol. The number of nitrogens with zero attached hydrogens (tertiary/aromatic N) is 8. The van der Waals surface area contributed by atoms with Crippen molar-refractivity contribution in [3.05, 3.63) is 263 Å². The maximum absolute atomic E-state index is 14.0. The molecule has 0 atom stereocenters. The highest BCUT2D eigenvalue weighted by atomic mass is 19.4. The third-order valence-electron chi connectivity index (χ3n) is 14.9. The quantitative estimate of drug-likeness (QED) is 0.0956. The Balaban J connectivity index is 0.000000104. The average Bonchev–Trinajstić information content (AvgIpc) is 4.31. The molecule has 0 aliphatic carbocycles. The molecular formula is C65H44F10N8+4. The third kappa shape index (κ3) is 9.95. The summed E-state index contributed by atoms with van der Waals surface area (Å²) in [6.07, 6.45) is 11.0. The van der Waals surface area contributed by atoms with Gasteiger partial charge in [0, 0.05) is 94.9 Å². The Morgan fingerprint density at radius 1 is 0.325 bits per heavy atom. The van der Waals surface area contributed by atoms with Crippen molar-refractivity contribution in [1.82, 2.24) is 18.3 Å². The van der Waals surface area contributed by atoms with Gasteiger partial charge in [0.15, 0.2) is 36.5 Å². The minimum atomic E-state index is -4.30. The molecule has 12 aromatic rings. The molecule has 0 bridgehead atoms. The number of benzene rings is 8. The number of para-hydroxylation sites is 4. The summed E-state index contributed by atoms with van der Waals surface area (Å²) in [5.41, 5.74) is 9.23. The van der Waals surface area contributed by atoms with Crippen molar-refractivity contribution in [2.75, 3.05) is 0 Å². The molecule has 8 aromatic carbocycles. The lowest BCUT2D eigenvalue weighted by Gasteiger charge is -2.13. The van der Waals surface area contributed by atoms with Gasteiger partial charge in [-0.1, -0.05) is 54.6 Å². The molecule has 0 saturated heterocycles. The van der Waals surface area contributed by atoms with E-state index in [1.54, 1.807) is 35.0 Å². The summed E-state index contributed by atoms with van der Waals surface area (Å²) in [4.78, 5) is 0. The predicted octanol–water partition coefficient (Wildman–Crippen LogP) is 15.5. The first-order valence-electron chi connectivity index (χ1n) is 26.1. The van der Waals surface area contributed by atoms with Crippen LogP contribution < -0.4 is 0 Å². The van der Waals surface area contributed by atoms with E-state index in [0.29, 0.717) is 25.7 Å². The molecule has 0 unspecified atom stereocenters. The van der Waals surface area contributed by atoms with E-state index in [1.165, 1.54) is 62.8 Å². The number of aromatic nitrogens is 4. The molecule has 16 rings (SSSR count). The number of hydrogen-bond acceptors (Lipinski definition) is 0. The van der Waals surface area contributed by atoms with Crippen LogP contribution in [0.1, 0.15) is 27.8 Å².